The van der Waals surface area contributed by atoms with Gasteiger partial charge in [0.1, 0.15) is 11.5 Å². The standard InChI is InChI=1S/C15H25NO3/c1-5-12(10-17)8-16-9-13-7-14(18-3)11(2)6-15(13)19-4/h6-7,12,16-17H,5,8-10H2,1-4H3. The highest BCUT2D eigenvalue weighted by Gasteiger charge is 2.09. The van der Waals surface area contributed by atoms with Crippen LogP contribution in [0, 0.1) is 12.8 Å². The van der Waals surface area contributed by atoms with Gasteiger partial charge >= 0.3 is 0 Å². The highest BCUT2D eigenvalue weighted by atomic mass is 16.5. The summed E-state index contributed by atoms with van der Waals surface area (Å²) in [4.78, 5) is 0. The van der Waals surface area contributed by atoms with Gasteiger partial charge in [-0.15, -0.1) is 0 Å². The van der Waals surface area contributed by atoms with Gasteiger partial charge in [0.05, 0.1) is 14.2 Å². The van der Waals surface area contributed by atoms with E-state index in [-0.39, 0.29) is 6.61 Å². The second-order valence-electron chi connectivity index (χ2n) is 4.72. The summed E-state index contributed by atoms with van der Waals surface area (Å²) in [5.74, 6) is 2.04. The molecule has 1 atom stereocenters. The molecular weight excluding hydrogens is 242 g/mol. The summed E-state index contributed by atoms with van der Waals surface area (Å²) in [6, 6.07) is 3.99. The third kappa shape index (κ3) is 4.40. The van der Waals surface area contributed by atoms with Crippen molar-refractivity contribution in [2.75, 3.05) is 27.4 Å². The van der Waals surface area contributed by atoms with E-state index in [9.17, 15) is 0 Å². The van der Waals surface area contributed by atoms with Gasteiger partial charge in [-0.2, -0.15) is 0 Å². The first-order chi connectivity index (χ1) is 9.15. The SMILES string of the molecule is CCC(CO)CNCc1cc(OC)c(C)cc1OC. The first kappa shape index (κ1) is 15.8. The van der Waals surface area contributed by atoms with E-state index in [0.717, 1.165) is 35.6 Å². The number of benzene rings is 1. The van der Waals surface area contributed by atoms with Crippen LogP contribution in [0.1, 0.15) is 24.5 Å². The lowest BCUT2D eigenvalue weighted by atomic mass is 10.1. The second kappa shape index (κ2) is 8.02. The molecule has 1 aromatic rings. The Kier molecular flexibility index (Phi) is 6.67. The van der Waals surface area contributed by atoms with E-state index in [1.807, 2.05) is 19.1 Å². The van der Waals surface area contributed by atoms with Gasteiger partial charge in [-0.3, -0.25) is 0 Å². The van der Waals surface area contributed by atoms with E-state index in [1.54, 1.807) is 14.2 Å². The van der Waals surface area contributed by atoms with E-state index in [0.29, 0.717) is 12.5 Å². The lowest BCUT2D eigenvalue weighted by Crippen LogP contribution is -2.24. The molecule has 0 aliphatic carbocycles. The first-order valence-corrected chi connectivity index (χ1v) is 6.69. The number of aliphatic hydroxyl groups excluding tert-OH is 1. The number of hydrogen-bond acceptors (Lipinski definition) is 4. The minimum Gasteiger partial charge on any atom is -0.496 e. The molecule has 0 saturated carbocycles. The van der Waals surface area contributed by atoms with Gasteiger partial charge in [0.15, 0.2) is 0 Å². The number of hydrogen-bond donors (Lipinski definition) is 2. The van der Waals surface area contributed by atoms with E-state index in [2.05, 4.69) is 12.2 Å². The Bertz CT molecular complexity index is 389. The highest BCUT2D eigenvalue weighted by Crippen LogP contribution is 2.28. The van der Waals surface area contributed by atoms with Crippen LogP contribution in [-0.2, 0) is 6.54 Å². The quantitative estimate of drug-likeness (QED) is 0.757. The van der Waals surface area contributed by atoms with Gasteiger partial charge in [0.2, 0.25) is 0 Å². The van der Waals surface area contributed by atoms with Crippen molar-refractivity contribution in [3.8, 4) is 11.5 Å². The molecule has 0 aliphatic heterocycles. The molecule has 0 saturated heterocycles. The van der Waals surface area contributed by atoms with Crippen molar-refractivity contribution in [1.82, 2.24) is 5.32 Å². The predicted octanol–water partition coefficient (Wildman–Crippen LogP) is 2.12. The Balaban J connectivity index is 2.71. The number of nitrogens with one attached hydrogen (secondary N) is 1. The Morgan fingerprint density at radius 3 is 2.42 bits per heavy atom. The van der Waals surface area contributed by atoms with Gasteiger partial charge in [0.25, 0.3) is 0 Å². The van der Waals surface area contributed by atoms with Crippen LogP contribution < -0.4 is 14.8 Å². The molecule has 19 heavy (non-hydrogen) atoms. The summed E-state index contributed by atoms with van der Waals surface area (Å²) in [6.45, 7) is 5.80. The van der Waals surface area contributed by atoms with Crippen LogP contribution in [0.3, 0.4) is 0 Å². The third-order valence-electron chi connectivity index (χ3n) is 3.38. The molecule has 0 heterocycles. The maximum atomic E-state index is 9.16. The maximum Gasteiger partial charge on any atom is 0.123 e. The number of aryl methyl sites for hydroxylation is 1. The number of rotatable bonds is 8. The van der Waals surface area contributed by atoms with E-state index in [1.165, 1.54) is 0 Å². The molecular formula is C15H25NO3. The zero-order valence-corrected chi connectivity index (χ0v) is 12.3. The fourth-order valence-corrected chi connectivity index (χ4v) is 2.00. The summed E-state index contributed by atoms with van der Waals surface area (Å²) < 4.78 is 10.7. The van der Waals surface area contributed by atoms with Crippen LogP contribution in [0.5, 0.6) is 11.5 Å². The molecule has 0 fully saturated rings. The molecule has 0 radical (unpaired) electrons. The minimum atomic E-state index is 0.220. The molecule has 108 valence electrons. The summed E-state index contributed by atoms with van der Waals surface area (Å²) in [7, 11) is 3.35. The Hall–Kier alpha value is -1.26. The van der Waals surface area contributed by atoms with Crippen molar-refractivity contribution in [3.05, 3.63) is 23.3 Å². The van der Waals surface area contributed by atoms with E-state index >= 15 is 0 Å². The Labute approximate surface area is 115 Å². The number of aliphatic hydroxyl groups is 1. The smallest absolute Gasteiger partial charge is 0.123 e. The molecule has 0 aliphatic rings. The van der Waals surface area contributed by atoms with Crippen LogP contribution in [0.25, 0.3) is 0 Å². The van der Waals surface area contributed by atoms with Crippen LogP contribution in [0.15, 0.2) is 12.1 Å². The molecule has 0 spiro atoms. The average Bonchev–Trinajstić information content (AvgIpc) is 2.44. The summed E-state index contributed by atoms with van der Waals surface area (Å²) >= 11 is 0. The zero-order chi connectivity index (χ0) is 14.3. The largest absolute Gasteiger partial charge is 0.496 e. The zero-order valence-electron chi connectivity index (χ0n) is 12.3. The Morgan fingerprint density at radius 2 is 1.89 bits per heavy atom. The van der Waals surface area contributed by atoms with Crippen molar-refractivity contribution in [3.63, 3.8) is 0 Å². The molecule has 0 amide bonds. The lowest BCUT2D eigenvalue weighted by Gasteiger charge is -2.16. The topological polar surface area (TPSA) is 50.7 Å². The molecule has 4 nitrogen and oxygen atoms in total. The monoisotopic (exact) mass is 267 g/mol. The maximum absolute atomic E-state index is 9.16. The third-order valence-corrected chi connectivity index (χ3v) is 3.38. The van der Waals surface area contributed by atoms with Crippen molar-refractivity contribution in [2.24, 2.45) is 5.92 Å². The van der Waals surface area contributed by atoms with Gasteiger partial charge in [0, 0.05) is 25.3 Å². The van der Waals surface area contributed by atoms with Crippen molar-refractivity contribution >= 4 is 0 Å². The molecule has 1 aromatic carbocycles. The highest BCUT2D eigenvalue weighted by molar-refractivity contribution is 5.45. The van der Waals surface area contributed by atoms with Crippen molar-refractivity contribution in [2.45, 2.75) is 26.8 Å². The van der Waals surface area contributed by atoms with Gasteiger partial charge < -0.3 is 19.9 Å². The minimum absolute atomic E-state index is 0.220. The van der Waals surface area contributed by atoms with Gasteiger partial charge in [-0.05, 0) is 37.0 Å². The first-order valence-electron chi connectivity index (χ1n) is 6.69. The van der Waals surface area contributed by atoms with E-state index < -0.39 is 0 Å². The molecule has 0 aromatic heterocycles. The average molecular weight is 267 g/mol. The second-order valence-corrected chi connectivity index (χ2v) is 4.72. The lowest BCUT2D eigenvalue weighted by molar-refractivity contribution is 0.218. The molecule has 1 rings (SSSR count). The molecule has 2 N–H and O–H groups in total. The molecule has 1 unspecified atom stereocenters. The summed E-state index contributed by atoms with van der Waals surface area (Å²) in [5.41, 5.74) is 2.13. The number of methoxy groups -OCH3 is 2. The van der Waals surface area contributed by atoms with Crippen molar-refractivity contribution in [1.29, 1.82) is 0 Å². The molecule has 4 heteroatoms. The molecule has 0 bridgehead atoms. The summed E-state index contributed by atoms with van der Waals surface area (Å²) in [6.07, 6.45) is 0.970. The van der Waals surface area contributed by atoms with Crippen LogP contribution >= 0.6 is 0 Å². The van der Waals surface area contributed by atoms with Crippen LogP contribution in [-0.4, -0.2) is 32.5 Å². The fraction of sp³-hybridized carbons (Fsp3) is 0.600. The fourth-order valence-electron chi connectivity index (χ4n) is 2.00. The van der Waals surface area contributed by atoms with Crippen molar-refractivity contribution < 1.29 is 14.6 Å². The summed E-state index contributed by atoms with van der Waals surface area (Å²) in [5, 5.41) is 12.5. The predicted molar refractivity (Wildman–Crippen MR) is 76.9 cm³/mol. The van der Waals surface area contributed by atoms with Crippen LogP contribution in [0.2, 0.25) is 0 Å². The van der Waals surface area contributed by atoms with Gasteiger partial charge in [-0.25, -0.2) is 0 Å². The normalized spacial score (nSPS) is 12.3. The van der Waals surface area contributed by atoms with Gasteiger partial charge in [-0.1, -0.05) is 6.92 Å². The number of ether oxygens (including phenoxy) is 2. The van der Waals surface area contributed by atoms with E-state index in [4.69, 9.17) is 14.6 Å². The Morgan fingerprint density at radius 1 is 1.21 bits per heavy atom. The van der Waals surface area contributed by atoms with Crippen LogP contribution in [0.4, 0.5) is 0 Å².